The summed E-state index contributed by atoms with van der Waals surface area (Å²) in [5.41, 5.74) is 1.22. The highest BCUT2D eigenvalue weighted by Gasteiger charge is 2.07. The van der Waals surface area contributed by atoms with Gasteiger partial charge >= 0.3 is 5.97 Å². The van der Waals surface area contributed by atoms with Crippen molar-refractivity contribution in [3.63, 3.8) is 0 Å². The van der Waals surface area contributed by atoms with Gasteiger partial charge in [0.2, 0.25) is 0 Å². The van der Waals surface area contributed by atoms with Crippen molar-refractivity contribution in [1.29, 1.82) is 0 Å². The standard InChI is InChI=1S/C13H12ClNO3/c14-11-3-1-2-9(4-11)6-15-7-12-5-10(8-18-12)13(16)17/h1-5,8,15H,6-7H2,(H,16,17). The predicted molar refractivity (Wildman–Crippen MR) is 67.7 cm³/mol. The van der Waals surface area contributed by atoms with Gasteiger partial charge < -0.3 is 14.8 Å². The van der Waals surface area contributed by atoms with E-state index in [1.807, 2.05) is 24.3 Å². The first-order chi connectivity index (χ1) is 8.65. The molecule has 0 saturated carbocycles. The van der Waals surface area contributed by atoms with E-state index >= 15 is 0 Å². The predicted octanol–water partition coefficient (Wildman–Crippen LogP) is 2.92. The number of carbonyl (C=O) groups is 1. The van der Waals surface area contributed by atoms with E-state index in [4.69, 9.17) is 21.1 Å². The molecule has 4 nitrogen and oxygen atoms in total. The average Bonchev–Trinajstić information content (AvgIpc) is 2.78. The molecule has 1 heterocycles. The minimum absolute atomic E-state index is 0.162. The van der Waals surface area contributed by atoms with Crippen LogP contribution in [0.3, 0.4) is 0 Å². The van der Waals surface area contributed by atoms with E-state index in [9.17, 15) is 4.79 Å². The number of hydrogen-bond acceptors (Lipinski definition) is 3. The molecule has 0 aliphatic rings. The lowest BCUT2D eigenvalue weighted by Gasteiger charge is -2.03. The third-order valence-electron chi connectivity index (χ3n) is 2.42. The van der Waals surface area contributed by atoms with Crippen LogP contribution >= 0.6 is 11.6 Å². The molecule has 0 aliphatic heterocycles. The van der Waals surface area contributed by atoms with E-state index in [1.54, 1.807) is 0 Å². The Labute approximate surface area is 109 Å². The number of benzene rings is 1. The van der Waals surface area contributed by atoms with Gasteiger partial charge in [0.15, 0.2) is 0 Å². The van der Waals surface area contributed by atoms with Gasteiger partial charge in [0.25, 0.3) is 0 Å². The summed E-state index contributed by atoms with van der Waals surface area (Å²) in [4.78, 5) is 10.7. The third-order valence-corrected chi connectivity index (χ3v) is 2.65. The van der Waals surface area contributed by atoms with Gasteiger partial charge in [-0.1, -0.05) is 23.7 Å². The van der Waals surface area contributed by atoms with Gasteiger partial charge in [-0.3, -0.25) is 0 Å². The zero-order valence-corrected chi connectivity index (χ0v) is 10.3. The quantitative estimate of drug-likeness (QED) is 0.873. The second-order valence-electron chi connectivity index (χ2n) is 3.84. The Hall–Kier alpha value is -1.78. The van der Waals surface area contributed by atoms with Crippen molar-refractivity contribution in [1.82, 2.24) is 5.32 Å². The van der Waals surface area contributed by atoms with Crippen molar-refractivity contribution in [2.45, 2.75) is 13.1 Å². The third kappa shape index (κ3) is 3.35. The largest absolute Gasteiger partial charge is 0.478 e. The maximum absolute atomic E-state index is 10.7. The second-order valence-corrected chi connectivity index (χ2v) is 4.28. The molecule has 1 aromatic heterocycles. The van der Waals surface area contributed by atoms with Crippen LogP contribution in [-0.2, 0) is 13.1 Å². The summed E-state index contributed by atoms with van der Waals surface area (Å²) >= 11 is 5.87. The molecule has 1 aromatic carbocycles. The molecule has 0 bridgehead atoms. The number of halogens is 1. The number of carboxylic acid groups (broad SMARTS) is 1. The van der Waals surface area contributed by atoms with E-state index in [-0.39, 0.29) is 5.56 Å². The van der Waals surface area contributed by atoms with Gasteiger partial charge in [0.1, 0.15) is 12.0 Å². The molecule has 0 saturated heterocycles. The molecule has 0 spiro atoms. The summed E-state index contributed by atoms with van der Waals surface area (Å²) in [5, 5.41) is 12.6. The summed E-state index contributed by atoms with van der Waals surface area (Å²) in [6.45, 7) is 1.11. The van der Waals surface area contributed by atoms with Crippen molar-refractivity contribution < 1.29 is 14.3 Å². The number of carboxylic acids is 1. The van der Waals surface area contributed by atoms with Crippen LogP contribution in [0.4, 0.5) is 0 Å². The van der Waals surface area contributed by atoms with Crippen LogP contribution in [0, 0.1) is 0 Å². The van der Waals surface area contributed by atoms with Crippen molar-refractivity contribution in [2.24, 2.45) is 0 Å². The first kappa shape index (κ1) is 12.7. The lowest BCUT2D eigenvalue weighted by molar-refractivity contribution is 0.0696. The van der Waals surface area contributed by atoms with Crippen LogP contribution in [-0.4, -0.2) is 11.1 Å². The summed E-state index contributed by atoms with van der Waals surface area (Å²) in [5.74, 6) is -0.394. The molecule has 0 aliphatic carbocycles. The smallest absolute Gasteiger partial charge is 0.338 e. The van der Waals surface area contributed by atoms with E-state index in [2.05, 4.69) is 5.32 Å². The molecule has 2 N–H and O–H groups in total. The molecular formula is C13H12ClNO3. The van der Waals surface area contributed by atoms with Gasteiger partial charge in [-0.25, -0.2) is 4.79 Å². The van der Waals surface area contributed by atoms with Gasteiger partial charge in [0, 0.05) is 11.6 Å². The summed E-state index contributed by atoms with van der Waals surface area (Å²) in [7, 11) is 0. The fourth-order valence-electron chi connectivity index (χ4n) is 1.56. The van der Waals surface area contributed by atoms with E-state index in [0.29, 0.717) is 23.9 Å². The number of furan rings is 1. The maximum Gasteiger partial charge on any atom is 0.338 e. The van der Waals surface area contributed by atoms with Crippen LogP contribution in [0.5, 0.6) is 0 Å². The van der Waals surface area contributed by atoms with Crippen LogP contribution in [0.25, 0.3) is 0 Å². The van der Waals surface area contributed by atoms with Crippen molar-refractivity contribution >= 4 is 17.6 Å². The minimum atomic E-state index is -0.986. The summed E-state index contributed by atoms with van der Waals surface area (Å²) in [6.07, 6.45) is 1.23. The molecule has 0 amide bonds. The van der Waals surface area contributed by atoms with Crippen LogP contribution in [0.2, 0.25) is 5.02 Å². The number of nitrogens with one attached hydrogen (secondary N) is 1. The lowest BCUT2D eigenvalue weighted by Crippen LogP contribution is -2.12. The van der Waals surface area contributed by atoms with Gasteiger partial charge in [-0.15, -0.1) is 0 Å². The zero-order chi connectivity index (χ0) is 13.0. The Morgan fingerprint density at radius 3 is 2.83 bits per heavy atom. The fraction of sp³-hybridized carbons (Fsp3) is 0.154. The molecule has 0 unspecified atom stereocenters. The Morgan fingerprint density at radius 1 is 1.33 bits per heavy atom. The summed E-state index contributed by atoms with van der Waals surface area (Å²) in [6, 6.07) is 9.04. The Balaban J connectivity index is 1.86. The van der Waals surface area contributed by atoms with Crippen molar-refractivity contribution in [3.05, 3.63) is 58.5 Å². The molecule has 0 radical (unpaired) electrons. The van der Waals surface area contributed by atoms with E-state index in [0.717, 1.165) is 5.56 Å². The highest BCUT2D eigenvalue weighted by atomic mass is 35.5. The monoisotopic (exact) mass is 265 g/mol. The fourth-order valence-corrected chi connectivity index (χ4v) is 1.78. The molecule has 0 fully saturated rings. The number of rotatable bonds is 5. The Morgan fingerprint density at radius 2 is 2.17 bits per heavy atom. The van der Waals surface area contributed by atoms with Gasteiger partial charge in [0.05, 0.1) is 12.1 Å². The first-order valence-electron chi connectivity index (χ1n) is 5.41. The van der Waals surface area contributed by atoms with Crippen LogP contribution < -0.4 is 5.32 Å². The van der Waals surface area contributed by atoms with Crippen LogP contribution in [0.1, 0.15) is 21.7 Å². The SMILES string of the molecule is O=C(O)c1coc(CNCc2cccc(Cl)c2)c1. The van der Waals surface area contributed by atoms with E-state index in [1.165, 1.54) is 12.3 Å². The Kier molecular flexibility index (Phi) is 4.02. The molecule has 0 atom stereocenters. The zero-order valence-electron chi connectivity index (χ0n) is 9.52. The molecule has 2 rings (SSSR count). The Bertz CT molecular complexity index is 551. The minimum Gasteiger partial charge on any atom is -0.478 e. The topological polar surface area (TPSA) is 62.5 Å². The number of hydrogen-bond donors (Lipinski definition) is 2. The van der Waals surface area contributed by atoms with E-state index < -0.39 is 5.97 Å². The lowest BCUT2D eigenvalue weighted by atomic mass is 10.2. The maximum atomic E-state index is 10.7. The van der Waals surface area contributed by atoms with Crippen molar-refractivity contribution in [2.75, 3.05) is 0 Å². The second kappa shape index (κ2) is 5.71. The van der Waals surface area contributed by atoms with Gasteiger partial charge in [-0.2, -0.15) is 0 Å². The average molecular weight is 266 g/mol. The summed E-state index contributed by atoms with van der Waals surface area (Å²) < 4.78 is 5.12. The molecule has 2 aromatic rings. The molecule has 5 heteroatoms. The van der Waals surface area contributed by atoms with Gasteiger partial charge in [-0.05, 0) is 23.8 Å². The van der Waals surface area contributed by atoms with Crippen molar-refractivity contribution in [3.8, 4) is 0 Å². The highest BCUT2D eigenvalue weighted by Crippen LogP contribution is 2.11. The number of aromatic carboxylic acids is 1. The molecular weight excluding hydrogens is 254 g/mol. The molecule has 18 heavy (non-hydrogen) atoms. The normalized spacial score (nSPS) is 10.5. The first-order valence-corrected chi connectivity index (χ1v) is 5.79. The highest BCUT2D eigenvalue weighted by molar-refractivity contribution is 6.30. The van der Waals surface area contributed by atoms with Crippen LogP contribution in [0.15, 0.2) is 41.0 Å². The molecule has 94 valence electrons.